The molecule has 1 aromatic heterocycles. The third-order valence-corrected chi connectivity index (χ3v) is 3.67. The maximum Gasteiger partial charge on any atom is 0.186 e. The zero-order chi connectivity index (χ0) is 16.1. The molecule has 0 aliphatic rings. The number of thioether (sulfide) groups is 1. The van der Waals surface area contributed by atoms with Crippen LogP contribution in [-0.2, 0) is 4.74 Å². The second-order valence-electron chi connectivity index (χ2n) is 4.51. The first kappa shape index (κ1) is 16.2. The molecule has 0 aliphatic carbocycles. The van der Waals surface area contributed by atoms with Crippen LogP contribution in [0.5, 0.6) is 0 Å². The maximum atomic E-state index is 12.0. The number of ether oxygens (including phenoxy) is 1. The van der Waals surface area contributed by atoms with Crippen molar-refractivity contribution < 1.29 is 9.53 Å². The molecule has 2 rings (SSSR count). The predicted octanol–water partition coefficient (Wildman–Crippen LogP) is 3.76. The Labute approximate surface area is 133 Å². The summed E-state index contributed by atoms with van der Waals surface area (Å²) in [4.78, 5) is 25.2. The van der Waals surface area contributed by atoms with E-state index in [-0.39, 0.29) is 5.78 Å². The standard InChI is InChI=1S/C16H17N3O2S/c1-10(20)13-15(17-11(2)21-3)18-14(19-16(13)22-4)12-8-6-5-7-9-12/h5-9H,1-4H3/b17-11+. The Morgan fingerprint density at radius 1 is 1.18 bits per heavy atom. The van der Waals surface area contributed by atoms with Gasteiger partial charge in [0.1, 0.15) is 5.03 Å². The molecule has 0 saturated heterocycles. The molecule has 0 atom stereocenters. The summed E-state index contributed by atoms with van der Waals surface area (Å²) in [5.41, 5.74) is 1.29. The number of aliphatic imine (C=N–C) groups is 1. The van der Waals surface area contributed by atoms with Gasteiger partial charge < -0.3 is 4.74 Å². The van der Waals surface area contributed by atoms with Crippen LogP contribution in [0.15, 0.2) is 40.4 Å². The number of benzene rings is 1. The number of aromatic nitrogens is 2. The van der Waals surface area contributed by atoms with Gasteiger partial charge >= 0.3 is 0 Å². The van der Waals surface area contributed by atoms with Crippen molar-refractivity contribution >= 4 is 29.3 Å². The Morgan fingerprint density at radius 3 is 2.41 bits per heavy atom. The van der Waals surface area contributed by atoms with Gasteiger partial charge in [0.15, 0.2) is 23.3 Å². The molecule has 0 radical (unpaired) electrons. The fourth-order valence-electron chi connectivity index (χ4n) is 1.88. The van der Waals surface area contributed by atoms with Crippen molar-refractivity contribution in [1.82, 2.24) is 9.97 Å². The monoisotopic (exact) mass is 315 g/mol. The van der Waals surface area contributed by atoms with E-state index in [9.17, 15) is 4.79 Å². The van der Waals surface area contributed by atoms with E-state index >= 15 is 0 Å². The summed E-state index contributed by atoms with van der Waals surface area (Å²) >= 11 is 1.40. The van der Waals surface area contributed by atoms with Gasteiger partial charge in [-0.15, -0.1) is 11.8 Å². The molecular weight excluding hydrogens is 298 g/mol. The normalized spacial score (nSPS) is 11.4. The lowest BCUT2D eigenvalue weighted by molar-refractivity contribution is 0.101. The van der Waals surface area contributed by atoms with E-state index in [1.54, 1.807) is 6.92 Å². The summed E-state index contributed by atoms with van der Waals surface area (Å²) in [6.07, 6.45) is 1.88. The van der Waals surface area contributed by atoms with Crippen LogP contribution in [0.3, 0.4) is 0 Å². The number of rotatable bonds is 4. The van der Waals surface area contributed by atoms with Crippen LogP contribution < -0.4 is 0 Å². The van der Waals surface area contributed by atoms with Gasteiger partial charge in [0.2, 0.25) is 0 Å². The summed E-state index contributed by atoms with van der Waals surface area (Å²) in [5, 5.41) is 0.615. The molecule has 2 aromatic rings. The lowest BCUT2D eigenvalue weighted by atomic mass is 10.2. The number of hydrogen-bond donors (Lipinski definition) is 0. The first-order valence-electron chi connectivity index (χ1n) is 6.68. The maximum absolute atomic E-state index is 12.0. The number of methoxy groups -OCH3 is 1. The van der Waals surface area contributed by atoms with E-state index in [0.717, 1.165) is 5.56 Å². The highest BCUT2D eigenvalue weighted by molar-refractivity contribution is 7.98. The Balaban J connectivity index is 2.70. The van der Waals surface area contributed by atoms with E-state index in [2.05, 4.69) is 15.0 Å². The van der Waals surface area contributed by atoms with Gasteiger partial charge in [-0.05, 0) is 13.2 Å². The minimum Gasteiger partial charge on any atom is -0.484 e. The summed E-state index contributed by atoms with van der Waals surface area (Å²) in [6.45, 7) is 3.20. The highest BCUT2D eigenvalue weighted by atomic mass is 32.2. The lowest BCUT2D eigenvalue weighted by Gasteiger charge is -2.10. The fourth-order valence-corrected chi connectivity index (χ4v) is 2.49. The molecule has 0 amide bonds. The number of hydrogen-bond acceptors (Lipinski definition) is 6. The first-order chi connectivity index (χ1) is 10.6. The van der Waals surface area contributed by atoms with Crippen LogP contribution in [0.25, 0.3) is 11.4 Å². The van der Waals surface area contributed by atoms with Crippen LogP contribution >= 0.6 is 11.8 Å². The SMILES string of the molecule is CO/C(C)=N/c1nc(-c2ccccc2)nc(SC)c1C(C)=O. The van der Waals surface area contributed by atoms with Gasteiger partial charge in [-0.25, -0.2) is 9.97 Å². The molecule has 5 nitrogen and oxygen atoms in total. The Hall–Kier alpha value is -2.21. The predicted molar refractivity (Wildman–Crippen MR) is 89.0 cm³/mol. The first-order valence-corrected chi connectivity index (χ1v) is 7.91. The van der Waals surface area contributed by atoms with Crippen molar-refractivity contribution in [2.45, 2.75) is 18.9 Å². The van der Waals surface area contributed by atoms with Crippen molar-refractivity contribution in [1.29, 1.82) is 0 Å². The molecule has 0 fully saturated rings. The molecule has 6 heteroatoms. The number of Topliss-reactive ketones (excluding diaryl/α,β-unsaturated/α-hetero) is 1. The highest BCUT2D eigenvalue weighted by Gasteiger charge is 2.18. The number of carbonyl (C=O) groups excluding carboxylic acids is 1. The van der Waals surface area contributed by atoms with E-state index in [0.29, 0.717) is 28.1 Å². The molecule has 0 aliphatic heterocycles. The minimum atomic E-state index is -0.119. The average Bonchev–Trinajstić information content (AvgIpc) is 2.54. The van der Waals surface area contributed by atoms with Gasteiger partial charge in [-0.3, -0.25) is 4.79 Å². The molecule has 0 unspecified atom stereocenters. The quantitative estimate of drug-likeness (QED) is 0.282. The van der Waals surface area contributed by atoms with Gasteiger partial charge in [-0.1, -0.05) is 30.3 Å². The topological polar surface area (TPSA) is 64.4 Å². The molecule has 0 saturated carbocycles. The lowest BCUT2D eigenvalue weighted by Crippen LogP contribution is -2.04. The summed E-state index contributed by atoms with van der Waals surface area (Å²) in [6, 6.07) is 9.60. The summed E-state index contributed by atoms with van der Waals surface area (Å²) < 4.78 is 5.08. The average molecular weight is 315 g/mol. The Morgan fingerprint density at radius 2 is 1.86 bits per heavy atom. The molecule has 114 valence electrons. The van der Waals surface area contributed by atoms with Crippen LogP contribution in [-0.4, -0.2) is 35.0 Å². The van der Waals surface area contributed by atoms with Crippen LogP contribution in [0, 0.1) is 0 Å². The van der Waals surface area contributed by atoms with Gasteiger partial charge in [0, 0.05) is 12.5 Å². The molecule has 0 bridgehead atoms. The zero-order valence-corrected chi connectivity index (χ0v) is 13.8. The summed E-state index contributed by atoms with van der Waals surface area (Å²) in [7, 11) is 1.53. The van der Waals surface area contributed by atoms with E-state index in [4.69, 9.17) is 4.74 Å². The largest absolute Gasteiger partial charge is 0.484 e. The van der Waals surface area contributed by atoms with E-state index < -0.39 is 0 Å². The molecular formula is C16H17N3O2S. The van der Waals surface area contributed by atoms with Gasteiger partial charge in [0.05, 0.1) is 12.7 Å². The third-order valence-electron chi connectivity index (χ3n) is 2.99. The highest BCUT2D eigenvalue weighted by Crippen LogP contribution is 2.30. The second-order valence-corrected chi connectivity index (χ2v) is 5.31. The van der Waals surface area contributed by atoms with Crippen LogP contribution in [0.1, 0.15) is 24.2 Å². The summed E-state index contributed by atoms with van der Waals surface area (Å²) in [5.74, 6) is 1.20. The smallest absolute Gasteiger partial charge is 0.186 e. The number of carbonyl (C=O) groups is 1. The van der Waals surface area contributed by atoms with Crippen molar-refractivity contribution in [3.05, 3.63) is 35.9 Å². The van der Waals surface area contributed by atoms with Gasteiger partial charge in [0.25, 0.3) is 0 Å². The van der Waals surface area contributed by atoms with Crippen molar-refractivity contribution in [3.8, 4) is 11.4 Å². The second kappa shape index (κ2) is 7.17. The van der Waals surface area contributed by atoms with Crippen LogP contribution in [0.4, 0.5) is 5.82 Å². The van der Waals surface area contributed by atoms with Crippen molar-refractivity contribution in [3.63, 3.8) is 0 Å². The number of ketones is 1. The van der Waals surface area contributed by atoms with E-state index in [1.165, 1.54) is 25.8 Å². The Kier molecular flexibility index (Phi) is 5.27. The van der Waals surface area contributed by atoms with Gasteiger partial charge in [-0.2, -0.15) is 4.99 Å². The molecule has 0 spiro atoms. The Bertz CT molecular complexity index is 715. The van der Waals surface area contributed by atoms with E-state index in [1.807, 2.05) is 36.6 Å². The van der Waals surface area contributed by atoms with Crippen molar-refractivity contribution in [2.75, 3.05) is 13.4 Å². The third kappa shape index (κ3) is 3.51. The molecule has 22 heavy (non-hydrogen) atoms. The zero-order valence-electron chi connectivity index (χ0n) is 13.0. The molecule has 1 aromatic carbocycles. The molecule has 1 heterocycles. The minimum absolute atomic E-state index is 0.119. The fraction of sp³-hybridized carbons (Fsp3) is 0.250. The van der Waals surface area contributed by atoms with Crippen molar-refractivity contribution in [2.24, 2.45) is 4.99 Å². The number of nitrogens with zero attached hydrogens (tertiary/aromatic N) is 3. The van der Waals surface area contributed by atoms with Crippen LogP contribution in [0.2, 0.25) is 0 Å². The molecule has 0 N–H and O–H groups in total.